The molecule has 1 saturated heterocycles. The van der Waals surface area contributed by atoms with E-state index in [9.17, 15) is 9.59 Å². The van der Waals surface area contributed by atoms with Crippen LogP contribution >= 0.6 is 11.8 Å². The van der Waals surface area contributed by atoms with E-state index in [0.717, 1.165) is 28.4 Å². The summed E-state index contributed by atoms with van der Waals surface area (Å²) in [7, 11) is 4.01. The summed E-state index contributed by atoms with van der Waals surface area (Å²) in [4.78, 5) is 29.9. The summed E-state index contributed by atoms with van der Waals surface area (Å²) in [5, 5.41) is 2.96. The average Bonchev–Trinajstić information content (AvgIpc) is 3.14. The molecule has 1 atom stereocenters. The fraction of sp³-hybridized carbons (Fsp3) is 0.391. The van der Waals surface area contributed by atoms with E-state index in [2.05, 4.69) is 10.2 Å². The van der Waals surface area contributed by atoms with E-state index in [1.807, 2.05) is 68.9 Å². The monoisotopic (exact) mass is 427 g/mol. The zero-order valence-electron chi connectivity index (χ0n) is 17.8. The van der Waals surface area contributed by atoms with E-state index in [0.29, 0.717) is 19.7 Å². The van der Waals surface area contributed by atoms with Gasteiger partial charge in [-0.2, -0.15) is 0 Å². The van der Waals surface area contributed by atoms with Gasteiger partial charge < -0.3 is 19.9 Å². The first-order valence-electron chi connectivity index (χ1n) is 10.0. The number of likely N-dealkylation sites (N-methyl/N-ethyl adjacent to an activating group) is 1. The average molecular weight is 428 g/mol. The van der Waals surface area contributed by atoms with Crippen molar-refractivity contribution in [2.45, 2.75) is 17.9 Å². The highest BCUT2D eigenvalue weighted by molar-refractivity contribution is 7.98. The minimum atomic E-state index is -0.327. The molecule has 1 fully saturated rings. The van der Waals surface area contributed by atoms with Gasteiger partial charge in [0.25, 0.3) is 0 Å². The quantitative estimate of drug-likeness (QED) is 0.624. The van der Waals surface area contributed by atoms with Gasteiger partial charge in [-0.1, -0.05) is 12.1 Å². The summed E-state index contributed by atoms with van der Waals surface area (Å²) >= 11 is 1.66. The Morgan fingerprint density at radius 2 is 1.87 bits per heavy atom. The maximum absolute atomic E-state index is 12.6. The fourth-order valence-electron chi connectivity index (χ4n) is 3.28. The number of amides is 2. The minimum Gasteiger partial charge on any atom is -0.492 e. The molecule has 7 heteroatoms. The lowest BCUT2D eigenvalue weighted by Crippen LogP contribution is -2.32. The molecule has 2 amide bonds. The highest BCUT2D eigenvalue weighted by Gasteiger charge is 2.34. The number of anilines is 1. The highest BCUT2D eigenvalue weighted by atomic mass is 32.2. The standard InChI is InChI=1S/C23H29N3O3S/c1-25(2)12-13-29-20-8-4-17(5-9-20)15-24-23(28)18-14-22(27)26(16-18)19-6-10-21(30-3)11-7-19/h4-11,18H,12-16H2,1-3H3,(H,24,28). The van der Waals surface area contributed by atoms with Crippen LogP contribution in [-0.4, -0.2) is 56.8 Å². The Labute approximate surface area is 182 Å². The predicted molar refractivity (Wildman–Crippen MR) is 121 cm³/mol. The second-order valence-electron chi connectivity index (χ2n) is 7.62. The van der Waals surface area contributed by atoms with Crippen LogP contribution in [0.5, 0.6) is 5.75 Å². The van der Waals surface area contributed by atoms with Crippen LogP contribution in [0.1, 0.15) is 12.0 Å². The number of benzene rings is 2. The molecule has 1 heterocycles. The molecule has 6 nitrogen and oxygen atoms in total. The van der Waals surface area contributed by atoms with Crippen molar-refractivity contribution in [3.05, 3.63) is 54.1 Å². The van der Waals surface area contributed by atoms with Crippen molar-refractivity contribution < 1.29 is 14.3 Å². The van der Waals surface area contributed by atoms with Crippen LogP contribution in [0.25, 0.3) is 0 Å². The zero-order chi connectivity index (χ0) is 21.5. The van der Waals surface area contributed by atoms with Gasteiger partial charge in [0.15, 0.2) is 0 Å². The van der Waals surface area contributed by atoms with Gasteiger partial charge in [-0.3, -0.25) is 9.59 Å². The molecule has 2 aromatic rings. The molecule has 0 spiro atoms. The molecule has 1 aliphatic rings. The lowest BCUT2D eigenvalue weighted by molar-refractivity contribution is -0.126. The van der Waals surface area contributed by atoms with E-state index >= 15 is 0 Å². The number of ether oxygens (including phenoxy) is 1. The van der Waals surface area contributed by atoms with Crippen LogP contribution in [0.2, 0.25) is 0 Å². The zero-order valence-corrected chi connectivity index (χ0v) is 18.6. The van der Waals surface area contributed by atoms with E-state index < -0.39 is 0 Å². The van der Waals surface area contributed by atoms with Gasteiger partial charge in [0, 0.05) is 36.6 Å². The second kappa shape index (κ2) is 10.5. The summed E-state index contributed by atoms with van der Waals surface area (Å²) < 4.78 is 5.69. The third-order valence-electron chi connectivity index (χ3n) is 5.08. The molecule has 0 aliphatic carbocycles. The van der Waals surface area contributed by atoms with Gasteiger partial charge in [0.2, 0.25) is 11.8 Å². The van der Waals surface area contributed by atoms with E-state index in [4.69, 9.17) is 4.74 Å². The molecule has 3 rings (SSSR count). The van der Waals surface area contributed by atoms with Crippen LogP contribution in [-0.2, 0) is 16.1 Å². The van der Waals surface area contributed by atoms with Gasteiger partial charge >= 0.3 is 0 Å². The highest BCUT2D eigenvalue weighted by Crippen LogP contribution is 2.27. The smallest absolute Gasteiger partial charge is 0.227 e. The molecule has 1 aliphatic heterocycles. The largest absolute Gasteiger partial charge is 0.492 e. The van der Waals surface area contributed by atoms with E-state index in [-0.39, 0.29) is 24.2 Å². The lowest BCUT2D eigenvalue weighted by Gasteiger charge is -2.17. The van der Waals surface area contributed by atoms with Gasteiger partial charge in [0.05, 0.1) is 5.92 Å². The molecule has 0 saturated carbocycles. The van der Waals surface area contributed by atoms with Gasteiger partial charge in [0.1, 0.15) is 12.4 Å². The number of hydrogen-bond acceptors (Lipinski definition) is 5. The number of carbonyl (C=O) groups excluding carboxylic acids is 2. The molecular formula is C23H29N3O3S. The maximum atomic E-state index is 12.6. The molecule has 160 valence electrons. The lowest BCUT2D eigenvalue weighted by atomic mass is 10.1. The third-order valence-corrected chi connectivity index (χ3v) is 5.82. The summed E-state index contributed by atoms with van der Waals surface area (Å²) in [6.45, 7) is 2.35. The van der Waals surface area contributed by atoms with Crippen LogP contribution in [0.4, 0.5) is 5.69 Å². The van der Waals surface area contributed by atoms with Crippen molar-refractivity contribution >= 4 is 29.3 Å². The number of nitrogens with zero attached hydrogens (tertiary/aromatic N) is 2. The minimum absolute atomic E-state index is 0.00808. The van der Waals surface area contributed by atoms with Crippen LogP contribution < -0.4 is 15.0 Å². The number of rotatable bonds is 9. The first kappa shape index (κ1) is 22.2. The van der Waals surface area contributed by atoms with Crippen LogP contribution in [0, 0.1) is 5.92 Å². The summed E-state index contributed by atoms with van der Waals surface area (Å²) in [5.74, 6) is 0.395. The van der Waals surface area contributed by atoms with Crippen molar-refractivity contribution in [3.63, 3.8) is 0 Å². The Morgan fingerprint density at radius 3 is 2.50 bits per heavy atom. The van der Waals surface area contributed by atoms with Gasteiger partial charge in [-0.15, -0.1) is 11.8 Å². The first-order chi connectivity index (χ1) is 14.5. The van der Waals surface area contributed by atoms with Gasteiger partial charge in [-0.25, -0.2) is 0 Å². The summed E-state index contributed by atoms with van der Waals surface area (Å²) in [6, 6.07) is 15.6. The fourth-order valence-corrected chi connectivity index (χ4v) is 3.69. The molecule has 0 radical (unpaired) electrons. The normalized spacial score (nSPS) is 16.2. The maximum Gasteiger partial charge on any atom is 0.227 e. The van der Waals surface area contributed by atoms with Crippen molar-refractivity contribution in [1.82, 2.24) is 10.2 Å². The van der Waals surface area contributed by atoms with E-state index in [1.165, 1.54) is 0 Å². The molecule has 1 N–H and O–H groups in total. The van der Waals surface area contributed by atoms with Crippen molar-refractivity contribution in [3.8, 4) is 5.75 Å². The molecule has 0 bridgehead atoms. The molecule has 30 heavy (non-hydrogen) atoms. The molecule has 2 aromatic carbocycles. The van der Waals surface area contributed by atoms with Crippen molar-refractivity contribution in [2.24, 2.45) is 5.92 Å². The second-order valence-corrected chi connectivity index (χ2v) is 8.50. The Hall–Kier alpha value is -2.51. The predicted octanol–water partition coefficient (Wildman–Crippen LogP) is 3.02. The number of thioether (sulfide) groups is 1. The Morgan fingerprint density at radius 1 is 1.17 bits per heavy atom. The topological polar surface area (TPSA) is 61.9 Å². The molecular weight excluding hydrogens is 398 g/mol. The SMILES string of the molecule is CSc1ccc(N2CC(C(=O)NCc3ccc(OCCN(C)C)cc3)CC2=O)cc1. The number of carbonyl (C=O) groups is 2. The molecule has 1 unspecified atom stereocenters. The number of nitrogens with one attached hydrogen (secondary N) is 1. The first-order valence-corrected chi connectivity index (χ1v) is 11.3. The summed E-state index contributed by atoms with van der Waals surface area (Å²) in [6.07, 6.45) is 2.26. The van der Waals surface area contributed by atoms with Crippen molar-refractivity contribution in [2.75, 3.05) is 44.9 Å². The Balaban J connectivity index is 1.48. The van der Waals surface area contributed by atoms with Crippen LogP contribution in [0.15, 0.2) is 53.4 Å². The summed E-state index contributed by atoms with van der Waals surface area (Å²) in [5.41, 5.74) is 1.84. The van der Waals surface area contributed by atoms with Gasteiger partial charge in [-0.05, 0) is 62.3 Å². The van der Waals surface area contributed by atoms with Crippen LogP contribution in [0.3, 0.4) is 0 Å². The Kier molecular flexibility index (Phi) is 7.76. The van der Waals surface area contributed by atoms with Crippen molar-refractivity contribution in [1.29, 1.82) is 0 Å². The van der Waals surface area contributed by atoms with E-state index in [1.54, 1.807) is 16.7 Å². The molecule has 0 aromatic heterocycles. The Bertz CT molecular complexity index is 853. The number of hydrogen-bond donors (Lipinski definition) is 1. The third kappa shape index (κ3) is 6.00.